The number of hydrogen-bond donors (Lipinski definition) is 1. The summed E-state index contributed by atoms with van der Waals surface area (Å²) in [5, 5.41) is 0. The lowest BCUT2D eigenvalue weighted by molar-refractivity contribution is 0.328. The van der Waals surface area contributed by atoms with Gasteiger partial charge in [-0.05, 0) is 30.0 Å². The molecular weight excluding hydrogens is 210 g/mol. The van der Waals surface area contributed by atoms with Crippen LogP contribution in [0.5, 0.6) is 5.75 Å². The Hall–Kier alpha value is -1.02. The van der Waals surface area contributed by atoms with E-state index in [0.717, 1.165) is 11.7 Å². The molecule has 0 heterocycles. The molecule has 0 spiro atoms. The molecule has 2 heteroatoms. The summed E-state index contributed by atoms with van der Waals surface area (Å²) >= 11 is 0. The molecule has 1 aliphatic carbocycles. The van der Waals surface area contributed by atoms with Crippen molar-refractivity contribution in [2.75, 3.05) is 13.2 Å². The summed E-state index contributed by atoms with van der Waals surface area (Å²) in [5.41, 5.74) is 6.85. The normalized spacial score (nSPS) is 17.0. The molecule has 0 bridgehead atoms. The van der Waals surface area contributed by atoms with Crippen molar-refractivity contribution < 1.29 is 4.74 Å². The predicted molar refractivity (Wildman–Crippen MR) is 71.3 cm³/mol. The zero-order chi connectivity index (χ0) is 11.9. The van der Waals surface area contributed by atoms with E-state index in [1.165, 1.54) is 44.1 Å². The van der Waals surface area contributed by atoms with E-state index in [-0.39, 0.29) is 0 Å². The molecule has 2 rings (SSSR count). The molecule has 1 fully saturated rings. The molecule has 0 aliphatic heterocycles. The molecule has 2 nitrogen and oxygen atoms in total. The van der Waals surface area contributed by atoms with Crippen molar-refractivity contribution in [1.29, 1.82) is 0 Å². The Morgan fingerprint density at radius 1 is 1.06 bits per heavy atom. The largest absolute Gasteiger partial charge is 0.492 e. The van der Waals surface area contributed by atoms with E-state index in [1.54, 1.807) is 0 Å². The highest BCUT2D eigenvalue weighted by atomic mass is 16.5. The van der Waals surface area contributed by atoms with Gasteiger partial charge in [0.05, 0.1) is 0 Å². The molecule has 1 aliphatic rings. The lowest BCUT2D eigenvalue weighted by Crippen LogP contribution is -2.11. The van der Waals surface area contributed by atoms with Crippen molar-refractivity contribution in [3.8, 4) is 5.75 Å². The van der Waals surface area contributed by atoms with Crippen molar-refractivity contribution in [3.05, 3.63) is 29.8 Å². The zero-order valence-electron chi connectivity index (χ0n) is 10.5. The van der Waals surface area contributed by atoms with Gasteiger partial charge in [-0.25, -0.2) is 0 Å². The maximum atomic E-state index is 5.48. The molecule has 1 aromatic carbocycles. The third-order valence-corrected chi connectivity index (χ3v) is 3.56. The van der Waals surface area contributed by atoms with Gasteiger partial charge in [0.15, 0.2) is 0 Å². The SMILES string of the molecule is NCCOc1ccc(CC2CCCCC2)cc1. The molecule has 0 aromatic heterocycles. The van der Waals surface area contributed by atoms with Crippen LogP contribution in [0.1, 0.15) is 37.7 Å². The third-order valence-electron chi connectivity index (χ3n) is 3.56. The number of hydrogen-bond acceptors (Lipinski definition) is 2. The first-order valence-electron chi connectivity index (χ1n) is 6.80. The molecule has 2 N–H and O–H groups in total. The second-order valence-electron chi connectivity index (χ2n) is 4.99. The van der Waals surface area contributed by atoms with Crippen LogP contribution in [0.3, 0.4) is 0 Å². The van der Waals surface area contributed by atoms with E-state index >= 15 is 0 Å². The van der Waals surface area contributed by atoms with Gasteiger partial charge in [-0.15, -0.1) is 0 Å². The fraction of sp³-hybridized carbons (Fsp3) is 0.600. The Morgan fingerprint density at radius 3 is 2.41 bits per heavy atom. The molecule has 1 saturated carbocycles. The fourth-order valence-corrected chi connectivity index (χ4v) is 2.62. The van der Waals surface area contributed by atoms with Crippen molar-refractivity contribution >= 4 is 0 Å². The van der Waals surface area contributed by atoms with Crippen LogP contribution in [0.2, 0.25) is 0 Å². The second-order valence-corrected chi connectivity index (χ2v) is 4.99. The molecule has 94 valence electrons. The summed E-state index contributed by atoms with van der Waals surface area (Å²) in [5.74, 6) is 1.84. The zero-order valence-corrected chi connectivity index (χ0v) is 10.5. The summed E-state index contributed by atoms with van der Waals surface area (Å²) in [7, 11) is 0. The Kier molecular flexibility index (Phi) is 4.87. The smallest absolute Gasteiger partial charge is 0.119 e. The van der Waals surface area contributed by atoms with Crippen LogP contribution >= 0.6 is 0 Å². The monoisotopic (exact) mass is 233 g/mol. The Bertz CT molecular complexity index is 314. The summed E-state index contributed by atoms with van der Waals surface area (Å²) in [4.78, 5) is 0. The lowest BCUT2D eigenvalue weighted by Gasteiger charge is -2.21. The predicted octanol–water partition coefficient (Wildman–Crippen LogP) is 3.15. The second kappa shape index (κ2) is 6.65. The quantitative estimate of drug-likeness (QED) is 0.848. The standard InChI is InChI=1S/C15H23NO/c16-10-11-17-15-8-6-14(7-9-15)12-13-4-2-1-3-5-13/h6-9,13H,1-5,10-12,16H2. The van der Waals surface area contributed by atoms with Gasteiger partial charge in [0.2, 0.25) is 0 Å². The van der Waals surface area contributed by atoms with Crippen molar-refractivity contribution in [3.63, 3.8) is 0 Å². The van der Waals surface area contributed by atoms with Crippen LogP contribution in [0, 0.1) is 5.92 Å². The van der Waals surface area contributed by atoms with Crippen molar-refractivity contribution in [2.24, 2.45) is 11.7 Å². The van der Waals surface area contributed by atoms with Gasteiger partial charge in [-0.2, -0.15) is 0 Å². The fourth-order valence-electron chi connectivity index (χ4n) is 2.62. The Morgan fingerprint density at radius 2 is 1.76 bits per heavy atom. The van der Waals surface area contributed by atoms with Crippen molar-refractivity contribution in [2.45, 2.75) is 38.5 Å². The van der Waals surface area contributed by atoms with E-state index in [4.69, 9.17) is 10.5 Å². The van der Waals surface area contributed by atoms with Gasteiger partial charge in [-0.1, -0.05) is 44.2 Å². The number of ether oxygens (including phenoxy) is 1. The minimum absolute atomic E-state index is 0.573. The summed E-state index contributed by atoms with van der Waals surface area (Å²) in [6, 6.07) is 8.52. The minimum Gasteiger partial charge on any atom is -0.492 e. The Balaban J connectivity index is 1.84. The first kappa shape index (κ1) is 12.4. The first-order chi connectivity index (χ1) is 8.38. The average molecular weight is 233 g/mol. The van der Waals surface area contributed by atoms with Gasteiger partial charge < -0.3 is 10.5 Å². The number of benzene rings is 1. The van der Waals surface area contributed by atoms with E-state index in [0.29, 0.717) is 13.2 Å². The maximum Gasteiger partial charge on any atom is 0.119 e. The molecule has 0 atom stereocenters. The maximum absolute atomic E-state index is 5.48. The number of nitrogens with two attached hydrogens (primary N) is 1. The van der Waals surface area contributed by atoms with Crippen LogP contribution in [-0.4, -0.2) is 13.2 Å². The van der Waals surface area contributed by atoms with E-state index in [1.807, 2.05) is 0 Å². The molecule has 0 saturated heterocycles. The van der Waals surface area contributed by atoms with Crippen LogP contribution < -0.4 is 10.5 Å². The molecule has 0 amide bonds. The molecule has 1 aromatic rings. The highest BCUT2D eigenvalue weighted by Gasteiger charge is 2.13. The summed E-state index contributed by atoms with van der Waals surface area (Å²) < 4.78 is 5.48. The van der Waals surface area contributed by atoms with Crippen LogP contribution in [0.25, 0.3) is 0 Å². The number of rotatable bonds is 5. The lowest BCUT2D eigenvalue weighted by atomic mass is 9.85. The van der Waals surface area contributed by atoms with Gasteiger partial charge >= 0.3 is 0 Å². The third kappa shape index (κ3) is 4.04. The van der Waals surface area contributed by atoms with Gasteiger partial charge in [0.25, 0.3) is 0 Å². The van der Waals surface area contributed by atoms with Crippen LogP contribution in [-0.2, 0) is 6.42 Å². The summed E-state index contributed by atoms with van der Waals surface area (Å²) in [6.07, 6.45) is 8.32. The van der Waals surface area contributed by atoms with Gasteiger partial charge in [-0.3, -0.25) is 0 Å². The van der Waals surface area contributed by atoms with E-state index in [9.17, 15) is 0 Å². The molecular formula is C15H23NO. The average Bonchev–Trinajstić information content (AvgIpc) is 2.39. The first-order valence-corrected chi connectivity index (χ1v) is 6.80. The highest BCUT2D eigenvalue weighted by Crippen LogP contribution is 2.27. The van der Waals surface area contributed by atoms with E-state index < -0.39 is 0 Å². The topological polar surface area (TPSA) is 35.2 Å². The van der Waals surface area contributed by atoms with E-state index in [2.05, 4.69) is 24.3 Å². The van der Waals surface area contributed by atoms with Gasteiger partial charge in [0.1, 0.15) is 12.4 Å². The minimum atomic E-state index is 0.573. The van der Waals surface area contributed by atoms with Crippen molar-refractivity contribution in [1.82, 2.24) is 0 Å². The summed E-state index contributed by atoms with van der Waals surface area (Å²) in [6.45, 7) is 1.17. The Labute approximate surface area is 104 Å². The molecule has 0 unspecified atom stereocenters. The van der Waals surface area contributed by atoms with Crippen LogP contribution in [0.4, 0.5) is 0 Å². The molecule has 0 radical (unpaired) electrons. The molecule has 17 heavy (non-hydrogen) atoms. The highest BCUT2D eigenvalue weighted by molar-refractivity contribution is 5.27. The van der Waals surface area contributed by atoms with Gasteiger partial charge in [0, 0.05) is 6.54 Å². The van der Waals surface area contributed by atoms with Crippen LogP contribution in [0.15, 0.2) is 24.3 Å².